The summed E-state index contributed by atoms with van der Waals surface area (Å²) in [6.45, 7) is 4.35. The number of aliphatic hydroxyl groups excluding tert-OH is 1. The number of aliphatic hydroxyl groups is 1. The standard InChI is InChI=1S/C85H138O17P2/c1-5-9-13-17-21-25-29-33-37-38-39-40-44-46-50-54-58-62-66-70-83(88)96-76-81(102-85(90)72-68-64-60-56-52-48-43-36-32-28-24-20-16-12-8-4)78-100-104(93,94)98-74-79(86)73-97-103(91,92)99-77-80(101-84(89)71-67-63-59-55-51-47-42-35-31-27-23-19-15-11-7-3)75-95-82(87)69-65-61-57-53-49-45-41-34-30-26-22-18-14-10-6-2/h9-11,13-15,21-28,33-37,39-43,46,50,58,62,79-81,86H,5-8,12,16-20,29-32,38,44-45,47-49,51-57,59-61,63-78H2,1-4H3,(H,91,92)(H,93,94)/b13-9-,14-10-,15-11-,25-21-,26-22-,27-23-,28-24-,37-33-,40-39-,41-34-,42-35-,43-36-,50-46-,62-58-. The summed E-state index contributed by atoms with van der Waals surface area (Å²) in [7, 11) is -10.0. The Morgan fingerprint density at radius 2 is 0.519 bits per heavy atom. The molecule has 590 valence electrons. The highest BCUT2D eigenvalue weighted by Crippen LogP contribution is 2.45. The molecule has 0 aromatic rings. The Bertz CT molecular complexity index is 2640. The first kappa shape index (κ1) is 98.4. The van der Waals surface area contributed by atoms with Crippen molar-refractivity contribution in [1.82, 2.24) is 0 Å². The van der Waals surface area contributed by atoms with Gasteiger partial charge < -0.3 is 33.8 Å². The van der Waals surface area contributed by atoms with Crippen LogP contribution in [0.1, 0.15) is 285 Å². The minimum absolute atomic E-state index is 0.0271. The van der Waals surface area contributed by atoms with Gasteiger partial charge >= 0.3 is 39.5 Å². The monoisotopic (exact) mass is 1490 g/mol. The largest absolute Gasteiger partial charge is 0.472 e. The Balaban J connectivity index is 5.48. The highest BCUT2D eigenvalue weighted by Gasteiger charge is 2.30. The summed E-state index contributed by atoms with van der Waals surface area (Å²) in [6, 6.07) is 0. The molecule has 0 heterocycles. The molecule has 0 spiro atoms. The maximum Gasteiger partial charge on any atom is 0.472 e. The Kier molecular flexibility index (Phi) is 71.6. The van der Waals surface area contributed by atoms with Gasteiger partial charge in [0.15, 0.2) is 12.2 Å². The summed E-state index contributed by atoms with van der Waals surface area (Å²) in [6.07, 6.45) is 89.2. The van der Waals surface area contributed by atoms with Gasteiger partial charge in [-0.05, 0) is 161 Å². The average Bonchev–Trinajstić information content (AvgIpc) is 0.918. The number of carbonyl (C=O) groups excluding carboxylic acids is 4. The number of esters is 4. The van der Waals surface area contributed by atoms with Gasteiger partial charge in [0.05, 0.1) is 26.4 Å². The Labute approximate surface area is 629 Å². The van der Waals surface area contributed by atoms with Crippen LogP contribution in [0.15, 0.2) is 170 Å². The van der Waals surface area contributed by atoms with Gasteiger partial charge in [-0.15, -0.1) is 0 Å². The first-order valence-corrected chi connectivity index (χ1v) is 42.4. The topological polar surface area (TPSA) is 237 Å². The first-order valence-electron chi connectivity index (χ1n) is 39.4. The minimum Gasteiger partial charge on any atom is -0.462 e. The van der Waals surface area contributed by atoms with E-state index in [-0.39, 0.29) is 25.7 Å². The van der Waals surface area contributed by atoms with Crippen molar-refractivity contribution in [2.75, 3.05) is 39.6 Å². The van der Waals surface area contributed by atoms with E-state index < -0.39 is 97.5 Å². The number of phosphoric ester groups is 2. The lowest BCUT2D eigenvalue weighted by Crippen LogP contribution is -2.30. The Morgan fingerprint density at radius 3 is 0.827 bits per heavy atom. The predicted octanol–water partition coefficient (Wildman–Crippen LogP) is 23.0. The fourth-order valence-electron chi connectivity index (χ4n) is 9.77. The molecule has 0 aliphatic carbocycles. The maximum atomic E-state index is 13.1. The van der Waals surface area contributed by atoms with Crippen LogP contribution in [0.4, 0.5) is 0 Å². The van der Waals surface area contributed by atoms with Crippen LogP contribution in [0.25, 0.3) is 0 Å². The third-order valence-corrected chi connectivity index (χ3v) is 17.6. The molecule has 3 N–H and O–H groups in total. The molecule has 0 aliphatic heterocycles. The molecule has 104 heavy (non-hydrogen) atoms. The van der Waals surface area contributed by atoms with E-state index >= 15 is 0 Å². The normalized spacial score (nSPS) is 14.8. The van der Waals surface area contributed by atoms with E-state index in [2.05, 4.69) is 180 Å². The molecular weight excluding hydrogens is 1350 g/mol. The van der Waals surface area contributed by atoms with Gasteiger partial charge in [-0.1, -0.05) is 268 Å². The predicted molar refractivity (Wildman–Crippen MR) is 426 cm³/mol. The average molecular weight is 1490 g/mol. The smallest absolute Gasteiger partial charge is 0.462 e. The van der Waals surface area contributed by atoms with Crippen LogP contribution in [-0.2, 0) is 65.4 Å². The summed E-state index contributed by atoms with van der Waals surface area (Å²) < 4.78 is 68.5. The Hall–Kier alpha value is -5.58. The van der Waals surface area contributed by atoms with Crippen LogP contribution < -0.4 is 0 Å². The van der Waals surface area contributed by atoms with Crippen molar-refractivity contribution in [3.63, 3.8) is 0 Å². The van der Waals surface area contributed by atoms with E-state index in [0.29, 0.717) is 32.1 Å². The van der Waals surface area contributed by atoms with Gasteiger partial charge in [0, 0.05) is 25.7 Å². The molecule has 0 aromatic carbocycles. The lowest BCUT2D eigenvalue weighted by molar-refractivity contribution is -0.161. The van der Waals surface area contributed by atoms with E-state index in [0.717, 1.165) is 180 Å². The zero-order valence-corrected chi connectivity index (χ0v) is 66.2. The van der Waals surface area contributed by atoms with E-state index in [4.69, 9.17) is 37.0 Å². The summed E-state index contributed by atoms with van der Waals surface area (Å²) in [5, 5.41) is 10.6. The molecule has 0 rings (SSSR count). The van der Waals surface area contributed by atoms with Gasteiger partial charge in [-0.25, -0.2) is 9.13 Å². The number of hydrogen-bond donors (Lipinski definition) is 3. The van der Waals surface area contributed by atoms with Gasteiger partial charge in [0.1, 0.15) is 19.3 Å². The first-order chi connectivity index (χ1) is 50.7. The van der Waals surface area contributed by atoms with Crippen molar-refractivity contribution >= 4 is 39.5 Å². The number of carbonyl (C=O) groups is 4. The third kappa shape index (κ3) is 74.7. The van der Waals surface area contributed by atoms with Crippen LogP contribution in [-0.4, -0.2) is 96.7 Å². The number of allylic oxidation sites excluding steroid dienone is 28. The van der Waals surface area contributed by atoms with Crippen molar-refractivity contribution in [3.8, 4) is 0 Å². The van der Waals surface area contributed by atoms with Crippen LogP contribution in [0.3, 0.4) is 0 Å². The molecule has 0 amide bonds. The fourth-order valence-corrected chi connectivity index (χ4v) is 11.4. The molecule has 0 radical (unpaired) electrons. The zero-order chi connectivity index (χ0) is 76.0. The van der Waals surface area contributed by atoms with E-state index in [1.165, 1.54) is 19.3 Å². The molecule has 0 aromatic heterocycles. The number of hydrogen-bond acceptors (Lipinski definition) is 15. The molecule has 0 aliphatic rings. The molecule has 5 atom stereocenters. The highest BCUT2D eigenvalue weighted by atomic mass is 31.2. The van der Waals surface area contributed by atoms with Gasteiger partial charge in [0.25, 0.3) is 0 Å². The van der Waals surface area contributed by atoms with E-state index in [1.807, 2.05) is 18.2 Å². The lowest BCUT2D eigenvalue weighted by Gasteiger charge is -2.21. The van der Waals surface area contributed by atoms with Crippen LogP contribution >= 0.6 is 15.6 Å². The second kappa shape index (κ2) is 75.6. The van der Waals surface area contributed by atoms with Crippen molar-refractivity contribution in [2.24, 2.45) is 0 Å². The third-order valence-electron chi connectivity index (χ3n) is 15.7. The number of rotatable bonds is 72. The van der Waals surface area contributed by atoms with Gasteiger partial charge in [-0.3, -0.25) is 37.3 Å². The highest BCUT2D eigenvalue weighted by molar-refractivity contribution is 7.47. The summed E-state index contributed by atoms with van der Waals surface area (Å²) in [5.41, 5.74) is 0. The molecule has 0 fully saturated rings. The van der Waals surface area contributed by atoms with Crippen molar-refractivity contribution in [2.45, 2.75) is 303 Å². The summed E-state index contributed by atoms with van der Waals surface area (Å²) in [5.74, 6) is -2.34. The van der Waals surface area contributed by atoms with E-state index in [9.17, 15) is 43.2 Å². The molecule has 0 bridgehead atoms. The van der Waals surface area contributed by atoms with Crippen LogP contribution in [0.5, 0.6) is 0 Å². The fraction of sp³-hybridized carbons (Fsp3) is 0.624. The second-order valence-electron chi connectivity index (χ2n) is 25.5. The summed E-state index contributed by atoms with van der Waals surface area (Å²) >= 11 is 0. The van der Waals surface area contributed by atoms with Crippen LogP contribution in [0.2, 0.25) is 0 Å². The zero-order valence-electron chi connectivity index (χ0n) is 64.4. The maximum absolute atomic E-state index is 13.1. The number of unbranched alkanes of at least 4 members (excludes halogenated alkanes) is 18. The van der Waals surface area contributed by atoms with Gasteiger partial charge in [-0.2, -0.15) is 0 Å². The second-order valence-corrected chi connectivity index (χ2v) is 28.4. The minimum atomic E-state index is -5.01. The number of ether oxygens (including phenoxy) is 4. The molecule has 17 nitrogen and oxygen atoms in total. The Morgan fingerprint density at radius 1 is 0.279 bits per heavy atom. The molecule has 5 unspecified atom stereocenters. The quantitative estimate of drug-likeness (QED) is 0.0169. The molecule has 19 heteroatoms. The molecule has 0 saturated heterocycles. The van der Waals surface area contributed by atoms with Crippen molar-refractivity contribution < 1.29 is 80.2 Å². The lowest BCUT2D eigenvalue weighted by atomic mass is 10.1. The molecule has 0 saturated carbocycles. The SMILES string of the molecule is CC/C=C\C/C=C\C/C=C\C/C=C\C/C=C\C/C=C\CCC(=O)OCC(COP(=O)(O)OCC(O)COP(=O)(O)OCC(COC(=O)CCCCCCC/C=C\C/C=C\C/C=C\CC)OC(=O)CCCCCCC/C=C\C/C=C\C/C=C\CC)OC(=O)CCCCCCC/C=C\C/C=C\CCCCC. The number of phosphoric acid groups is 2. The van der Waals surface area contributed by atoms with Crippen molar-refractivity contribution in [1.29, 1.82) is 0 Å². The van der Waals surface area contributed by atoms with E-state index in [1.54, 1.807) is 0 Å². The molecular formula is C85H138O17P2. The van der Waals surface area contributed by atoms with Gasteiger partial charge in [0.2, 0.25) is 0 Å². The van der Waals surface area contributed by atoms with Crippen LogP contribution in [0, 0.1) is 0 Å². The summed E-state index contributed by atoms with van der Waals surface area (Å²) in [4.78, 5) is 73.0. The van der Waals surface area contributed by atoms with Crippen molar-refractivity contribution in [3.05, 3.63) is 170 Å².